The lowest BCUT2D eigenvalue weighted by Crippen LogP contribution is -2.15. The molecule has 0 aliphatic carbocycles. The highest BCUT2D eigenvalue weighted by molar-refractivity contribution is 8.00. The van der Waals surface area contributed by atoms with E-state index < -0.39 is 5.97 Å². The number of ether oxygens (including phenoxy) is 1. The quantitative estimate of drug-likeness (QED) is 0.205. The van der Waals surface area contributed by atoms with E-state index in [1.54, 1.807) is 49.5 Å². The second kappa shape index (κ2) is 10.4. The normalized spacial score (nSPS) is 13.5. The zero-order valence-electron chi connectivity index (χ0n) is 19.1. The number of aryl methyl sites for hydroxylation is 1. The smallest absolute Gasteiger partial charge is 0.347 e. The van der Waals surface area contributed by atoms with Crippen LogP contribution in [-0.4, -0.2) is 32.8 Å². The van der Waals surface area contributed by atoms with E-state index in [-0.39, 0.29) is 23.0 Å². The summed E-state index contributed by atoms with van der Waals surface area (Å²) >= 11 is 13.1. The van der Waals surface area contributed by atoms with Crippen LogP contribution in [0, 0.1) is 12.7 Å². The Morgan fingerprint density at radius 2 is 1.97 bits per heavy atom. The third kappa shape index (κ3) is 5.39. The first kappa shape index (κ1) is 25.0. The van der Waals surface area contributed by atoms with Gasteiger partial charge in [0.15, 0.2) is 0 Å². The number of halogens is 3. The highest BCUT2D eigenvalue weighted by atomic mass is 35.5. The van der Waals surface area contributed by atoms with Gasteiger partial charge < -0.3 is 10.1 Å². The largest absolute Gasteiger partial charge is 0.422 e. The van der Waals surface area contributed by atoms with Crippen LogP contribution >= 0.6 is 35.0 Å². The van der Waals surface area contributed by atoms with Crippen LogP contribution in [0.4, 0.5) is 10.1 Å². The van der Waals surface area contributed by atoms with Gasteiger partial charge in [0.2, 0.25) is 5.91 Å². The van der Waals surface area contributed by atoms with E-state index in [2.05, 4.69) is 20.5 Å². The zero-order chi connectivity index (χ0) is 26.1. The summed E-state index contributed by atoms with van der Waals surface area (Å²) in [5.41, 5.74) is 3.96. The number of amides is 1. The van der Waals surface area contributed by atoms with Gasteiger partial charge in [0.1, 0.15) is 22.2 Å². The van der Waals surface area contributed by atoms with Crippen molar-refractivity contribution in [2.24, 2.45) is 0 Å². The predicted octanol–water partition coefficient (Wildman–Crippen LogP) is 6.63. The van der Waals surface area contributed by atoms with Crippen LogP contribution in [-0.2, 0) is 9.53 Å². The molecule has 0 saturated heterocycles. The Kier molecular flexibility index (Phi) is 7.01. The molecule has 4 aromatic rings. The Morgan fingerprint density at radius 1 is 1.19 bits per heavy atom. The Morgan fingerprint density at radius 3 is 2.73 bits per heavy atom. The second-order valence-corrected chi connectivity index (χ2v) is 9.87. The molecular weight excluding hydrogens is 538 g/mol. The van der Waals surface area contributed by atoms with Gasteiger partial charge in [0.25, 0.3) is 0 Å². The van der Waals surface area contributed by atoms with Crippen LogP contribution in [0.2, 0.25) is 10.0 Å². The van der Waals surface area contributed by atoms with Crippen LogP contribution in [0.15, 0.2) is 59.8 Å². The highest BCUT2D eigenvalue weighted by Crippen LogP contribution is 2.38. The van der Waals surface area contributed by atoms with Gasteiger partial charge >= 0.3 is 5.97 Å². The molecule has 3 heterocycles. The van der Waals surface area contributed by atoms with E-state index in [9.17, 15) is 14.0 Å². The maximum atomic E-state index is 13.4. The Labute approximate surface area is 225 Å². The Hall–Kier alpha value is -3.66. The van der Waals surface area contributed by atoms with E-state index >= 15 is 0 Å². The van der Waals surface area contributed by atoms with Crippen molar-refractivity contribution in [3.8, 4) is 11.3 Å². The van der Waals surface area contributed by atoms with E-state index in [1.165, 1.54) is 18.2 Å². The molecule has 37 heavy (non-hydrogen) atoms. The van der Waals surface area contributed by atoms with Crippen molar-refractivity contribution in [1.82, 2.24) is 15.2 Å². The molecule has 2 N–H and O–H groups in total. The van der Waals surface area contributed by atoms with Crippen LogP contribution in [0.5, 0.6) is 0 Å². The lowest BCUT2D eigenvalue weighted by Gasteiger charge is -2.09. The summed E-state index contributed by atoms with van der Waals surface area (Å²) in [5.74, 6) is -0.917. The van der Waals surface area contributed by atoms with Gasteiger partial charge in [-0.3, -0.25) is 9.89 Å². The lowest BCUT2D eigenvalue weighted by atomic mass is 10.0. The minimum absolute atomic E-state index is 0.00930. The van der Waals surface area contributed by atoms with Crippen molar-refractivity contribution in [2.75, 3.05) is 11.1 Å². The average molecular weight is 555 g/mol. The number of hydrogen-bond donors (Lipinski definition) is 2. The molecule has 0 saturated carbocycles. The van der Waals surface area contributed by atoms with Crippen molar-refractivity contribution in [3.63, 3.8) is 0 Å². The first-order valence-corrected chi connectivity index (χ1v) is 12.7. The van der Waals surface area contributed by atoms with Gasteiger partial charge in [-0.1, -0.05) is 35.0 Å². The zero-order valence-corrected chi connectivity index (χ0v) is 21.5. The molecular formula is C26H17Cl2FN4O3S. The van der Waals surface area contributed by atoms with E-state index in [0.717, 1.165) is 17.3 Å². The molecule has 0 radical (unpaired) electrons. The topological polar surface area (TPSA) is 97.0 Å². The SMILES string of the molecule is Cc1cc2c(c(SCC(=O)Nc3ccc(Cl)cc3Cl)n1)C(=O)OC2=Cc1cn[nH]c1-c1ccc(F)cc1. The van der Waals surface area contributed by atoms with Crippen molar-refractivity contribution in [2.45, 2.75) is 11.9 Å². The van der Waals surface area contributed by atoms with Crippen LogP contribution in [0.1, 0.15) is 27.2 Å². The lowest BCUT2D eigenvalue weighted by molar-refractivity contribution is -0.113. The molecule has 1 aliphatic heterocycles. The Balaban J connectivity index is 1.40. The van der Waals surface area contributed by atoms with Crippen LogP contribution in [0.3, 0.4) is 0 Å². The molecule has 1 aliphatic rings. The van der Waals surface area contributed by atoms with E-state index in [0.29, 0.717) is 49.0 Å². The van der Waals surface area contributed by atoms with Gasteiger partial charge in [-0.05, 0) is 61.5 Å². The third-order valence-electron chi connectivity index (χ3n) is 5.42. The van der Waals surface area contributed by atoms with Gasteiger partial charge in [-0.2, -0.15) is 5.10 Å². The number of benzene rings is 2. The number of aromatic amines is 1. The summed E-state index contributed by atoms with van der Waals surface area (Å²) in [6, 6.07) is 12.5. The molecule has 1 amide bonds. The molecule has 11 heteroatoms. The van der Waals surface area contributed by atoms with E-state index in [1.807, 2.05) is 0 Å². The minimum atomic E-state index is -0.566. The van der Waals surface area contributed by atoms with Gasteiger partial charge in [0, 0.05) is 27.4 Å². The summed E-state index contributed by atoms with van der Waals surface area (Å²) in [4.78, 5) is 29.8. The molecule has 7 nitrogen and oxygen atoms in total. The fourth-order valence-corrected chi connectivity index (χ4v) is 5.10. The van der Waals surface area contributed by atoms with Gasteiger partial charge in [-0.15, -0.1) is 0 Å². The number of rotatable bonds is 6. The summed E-state index contributed by atoms with van der Waals surface area (Å²) in [5, 5.41) is 10.9. The van der Waals surface area contributed by atoms with E-state index in [4.69, 9.17) is 27.9 Å². The molecule has 2 aromatic heterocycles. The number of carbonyl (C=O) groups is 2. The predicted molar refractivity (Wildman–Crippen MR) is 142 cm³/mol. The summed E-state index contributed by atoms with van der Waals surface area (Å²) in [6.07, 6.45) is 3.28. The summed E-state index contributed by atoms with van der Waals surface area (Å²) in [7, 11) is 0. The number of esters is 1. The maximum Gasteiger partial charge on any atom is 0.347 e. The monoisotopic (exact) mass is 554 g/mol. The van der Waals surface area contributed by atoms with Crippen molar-refractivity contribution < 1.29 is 18.7 Å². The number of carbonyl (C=O) groups excluding carboxylic acids is 2. The summed E-state index contributed by atoms with van der Waals surface area (Å²) in [6.45, 7) is 1.79. The third-order valence-corrected chi connectivity index (χ3v) is 6.94. The maximum absolute atomic E-state index is 13.4. The first-order chi connectivity index (χ1) is 17.8. The van der Waals surface area contributed by atoms with Crippen LogP contribution in [0.25, 0.3) is 23.1 Å². The standard InChI is InChI=1S/C26H17Cl2FN4O3S/c1-13-8-18-21(9-15-11-30-33-24(15)14-2-5-17(29)6-3-14)36-26(35)23(18)25(31-13)37-12-22(34)32-20-7-4-16(27)10-19(20)28/h2-11H,12H2,1H3,(H,30,33)(H,32,34). The Bertz CT molecular complexity index is 1570. The number of anilines is 1. The second-order valence-electron chi connectivity index (χ2n) is 8.06. The molecule has 0 unspecified atom stereocenters. The number of hydrogen-bond acceptors (Lipinski definition) is 6. The molecule has 186 valence electrons. The molecule has 2 aromatic carbocycles. The number of fused-ring (bicyclic) bond motifs is 1. The van der Waals surface area contributed by atoms with Crippen LogP contribution < -0.4 is 5.32 Å². The fourth-order valence-electron chi connectivity index (χ4n) is 3.76. The number of nitrogens with one attached hydrogen (secondary N) is 2. The molecule has 0 spiro atoms. The van der Waals surface area contributed by atoms with Gasteiger partial charge in [0.05, 0.1) is 28.4 Å². The first-order valence-electron chi connectivity index (χ1n) is 10.9. The molecule has 0 fully saturated rings. The number of pyridine rings is 1. The van der Waals surface area contributed by atoms with Crippen molar-refractivity contribution in [1.29, 1.82) is 0 Å². The molecule has 0 bridgehead atoms. The number of thioether (sulfide) groups is 1. The average Bonchev–Trinajstić information content (AvgIpc) is 3.44. The minimum Gasteiger partial charge on any atom is -0.422 e. The highest BCUT2D eigenvalue weighted by Gasteiger charge is 2.32. The molecule has 5 rings (SSSR count). The number of H-pyrrole nitrogens is 1. The fraction of sp³-hybridized carbons (Fsp3) is 0.0769. The number of nitrogens with zero attached hydrogens (tertiary/aromatic N) is 2. The summed E-state index contributed by atoms with van der Waals surface area (Å²) < 4.78 is 18.9. The van der Waals surface area contributed by atoms with Crippen molar-refractivity contribution in [3.05, 3.63) is 93.0 Å². The van der Waals surface area contributed by atoms with Gasteiger partial charge in [-0.25, -0.2) is 14.2 Å². The molecule has 0 atom stereocenters. The number of aromatic nitrogens is 3. The number of cyclic esters (lactones) is 1. The van der Waals surface area contributed by atoms with Crippen molar-refractivity contribution >= 4 is 64.4 Å².